The van der Waals surface area contributed by atoms with E-state index in [4.69, 9.17) is 5.11 Å². The number of hydrogen-bond acceptors (Lipinski definition) is 3. The summed E-state index contributed by atoms with van der Waals surface area (Å²) >= 11 is 1.05. The summed E-state index contributed by atoms with van der Waals surface area (Å²) in [7, 11) is 0. The standard InChI is InChI=1S/C15H15NO3S/c1-8-6-9(2)12(10(3)7-8)16-14(17)11-4-5-20-13(11)15(18)19/h4-7H,1-3H3,(H,16,17)(H,18,19). The zero-order chi connectivity index (χ0) is 14.9. The molecule has 4 nitrogen and oxygen atoms in total. The Balaban J connectivity index is 2.33. The molecule has 0 saturated carbocycles. The van der Waals surface area contributed by atoms with Gasteiger partial charge in [0.2, 0.25) is 0 Å². The quantitative estimate of drug-likeness (QED) is 0.906. The first kappa shape index (κ1) is 14.3. The van der Waals surface area contributed by atoms with Crippen molar-refractivity contribution >= 4 is 28.9 Å². The van der Waals surface area contributed by atoms with E-state index in [-0.39, 0.29) is 10.4 Å². The summed E-state index contributed by atoms with van der Waals surface area (Å²) in [4.78, 5) is 23.3. The van der Waals surface area contributed by atoms with Gasteiger partial charge in [-0.2, -0.15) is 0 Å². The lowest BCUT2D eigenvalue weighted by atomic mass is 10.0. The lowest BCUT2D eigenvalue weighted by molar-refractivity contribution is 0.0698. The number of carbonyl (C=O) groups is 2. The topological polar surface area (TPSA) is 66.4 Å². The van der Waals surface area contributed by atoms with Gasteiger partial charge in [0.25, 0.3) is 5.91 Å². The number of rotatable bonds is 3. The fourth-order valence-electron chi connectivity index (χ4n) is 2.21. The largest absolute Gasteiger partial charge is 0.477 e. The Bertz CT molecular complexity index is 665. The Morgan fingerprint density at radius 3 is 2.30 bits per heavy atom. The van der Waals surface area contributed by atoms with Crippen LogP contribution in [0.25, 0.3) is 0 Å². The van der Waals surface area contributed by atoms with Gasteiger partial charge in [-0.3, -0.25) is 4.79 Å². The summed E-state index contributed by atoms with van der Waals surface area (Å²) in [6.07, 6.45) is 0. The maximum absolute atomic E-state index is 12.2. The molecule has 0 fully saturated rings. The summed E-state index contributed by atoms with van der Waals surface area (Å²) in [5.41, 5.74) is 3.98. The molecular weight excluding hydrogens is 274 g/mol. The van der Waals surface area contributed by atoms with Crippen molar-refractivity contribution in [3.63, 3.8) is 0 Å². The van der Waals surface area contributed by atoms with Crippen LogP contribution in [0.15, 0.2) is 23.6 Å². The molecule has 1 heterocycles. The van der Waals surface area contributed by atoms with Gasteiger partial charge in [0.05, 0.1) is 5.56 Å². The van der Waals surface area contributed by atoms with E-state index in [1.807, 2.05) is 32.9 Å². The Kier molecular flexibility index (Phi) is 3.90. The van der Waals surface area contributed by atoms with Gasteiger partial charge >= 0.3 is 5.97 Å². The van der Waals surface area contributed by atoms with Crippen molar-refractivity contribution in [1.82, 2.24) is 0 Å². The molecule has 1 amide bonds. The molecule has 0 radical (unpaired) electrons. The van der Waals surface area contributed by atoms with Gasteiger partial charge in [-0.05, 0) is 43.3 Å². The van der Waals surface area contributed by atoms with Crippen LogP contribution in [0.4, 0.5) is 5.69 Å². The Morgan fingerprint density at radius 2 is 1.75 bits per heavy atom. The Labute approximate surface area is 121 Å². The van der Waals surface area contributed by atoms with Crippen molar-refractivity contribution in [1.29, 1.82) is 0 Å². The zero-order valence-electron chi connectivity index (χ0n) is 11.5. The lowest BCUT2D eigenvalue weighted by Gasteiger charge is -2.12. The van der Waals surface area contributed by atoms with E-state index in [0.717, 1.165) is 33.7 Å². The molecule has 1 aromatic carbocycles. The second-order valence-electron chi connectivity index (χ2n) is 4.70. The van der Waals surface area contributed by atoms with Crippen LogP contribution in [0.2, 0.25) is 0 Å². The van der Waals surface area contributed by atoms with Crippen molar-refractivity contribution in [3.8, 4) is 0 Å². The minimum Gasteiger partial charge on any atom is -0.477 e. The molecule has 0 unspecified atom stereocenters. The lowest BCUT2D eigenvalue weighted by Crippen LogP contribution is -2.16. The van der Waals surface area contributed by atoms with Crippen LogP contribution in [-0.2, 0) is 0 Å². The summed E-state index contributed by atoms with van der Waals surface area (Å²) in [6.45, 7) is 5.83. The first-order chi connectivity index (χ1) is 9.40. The second kappa shape index (κ2) is 5.46. The highest BCUT2D eigenvalue weighted by molar-refractivity contribution is 7.12. The van der Waals surface area contributed by atoms with Crippen LogP contribution in [0.1, 0.15) is 36.7 Å². The van der Waals surface area contributed by atoms with E-state index >= 15 is 0 Å². The number of hydrogen-bond donors (Lipinski definition) is 2. The van der Waals surface area contributed by atoms with Gasteiger partial charge < -0.3 is 10.4 Å². The third kappa shape index (κ3) is 2.72. The molecule has 0 aliphatic heterocycles. The highest BCUT2D eigenvalue weighted by Crippen LogP contribution is 2.24. The maximum Gasteiger partial charge on any atom is 0.346 e. The fourth-order valence-corrected chi connectivity index (χ4v) is 2.94. The minimum absolute atomic E-state index is 0.0601. The van der Waals surface area contributed by atoms with E-state index in [0.29, 0.717) is 0 Å². The number of carbonyl (C=O) groups excluding carboxylic acids is 1. The number of aryl methyl sites for hydroxylation is 3. The average Bonchev–Trinajstić information content (AvgIpc) is 2.82. The molecule has 104 valence electrons. The minimum atomic E-state index is -1.08. The molecular formula is C15H15NO3S. The van der Waals surface area contributed by atoms with E-state index in [1.165, 1.54) is 6.07 Å². The normalized spacial score (nSPS) is 10.3. The first-order valence-electron chi connectivity index (χ1n) is 6.10. The van der Waals surface area contributed by atoms with Crippen molar-refractivity contribution < 1.29 is 14.7 Å². The van der Waals surface area contributed by atoms with Gasteiger partial charge in [0.15, 0.2) is 0 Å². The van der Waals surface area contributed by atoms with Crippen molar-refractivity contribution in [2.45, 2.75) is 20.8 Å². The van der Waals surface area contributed by atoms with Gasteiger partial charge in [-0.1, -0.05) is 17.7 Å². The molecule has 2 aromatic rings. The van der Waals surface area contributed by atoms with Gasteiger partial charge in [0, 0.05) is 5.69 Å². The average molecular weight is 289 g/mol. The van der Waals surface area contributed by atoms with Gasteiger partial charge in [0.1, 0.15) is 4.88 Å². The molecule has 2 N–H and O–H groups in total. The zero-order valence-corrected chi connectivity index (χ0v) is 12.3. The predicted molar refractivity (Wildman–Crippen MR) is 79.9 cm³/mol. The number of thiophene rings is 1. The number of carboxylic acids is 1. The number of amides is 1. The van der Waals surface area contributed by atoms with Crippen LogP contribution < -0.4 is 5.32 Å². The number of benzene rings is 1. The third-order valence-corrected chi connectivity index (χ3v) is 3.92. The van der Waals surface area contributed by atoms with Crippen LogP contribution in [-0.4, -0.2) is 17.0 Å². The smallest absolute Gasteiger partial charge is 0.346 e. The molecule has 1 aromatic heterocycles. The highest BCUT2D eigenvalue weighted by Gasteiger charge is 2.19. The molecule has 0 saturated heterocycles. The molecule has 0 atom stereocenters. The SMILES string of the molecule is Cc1cc(C)c(NC(=O)c2ccsc2C(=O)O)c(C)c1. The molecule has 0 spiro atoms. The van der Waals surface area contributed by atoms with E-state index in [9.17, 15) is 9.59 Å². The van der Waals surface area contributed by atoms with E-state index in [1.54, 1.807) is 5.38 Å². The monoisotopic (exact) mass is 289 g/mol. The molecule has 20 heavy (non-hydrogen) atoms. The van der Waals surface area contributed by atoms with Crippen molar-refractivity contribution in [2.24, 2.45) is 0 Å². The fraction of sp³-hybridized carbons (Fsp3) is 0.200. The van der Waals surface area contributed by atoms with E-state index < -0.39 is 11.9 Å². The van der Waals surface area contributed by atoms with Gasteiger partial charge in [-0.15, -0.1) is 11.3 Å². The predicted octanol–water partition coefficient (Wildman–Crippen LogP) is 3.62. The summed E-state index contributed by atoms with van der Waals surface area (Å²) in [6, 6.07) is 5.49. The maximum atomic E-state index is 12.2. The molecule has 0 bridgehead atoms. The molecule has 2 rings (SSSR count). The number of carboxylic acid groups (broad SMARTS) is 1. The summed E-state index contributed by atoms with van der Waals surface area (Å²) in [5.74, 6) is -1.47. The van der Waals surface area contributed by atoms with E-state index in [2.05, 4.69) is 5.32 Å². The van der Waals surface area contributed by atoms with Crippen LogP contribution in [0, 0.1) is 20.8 Å². The number of aromatic carboxylic acids is 1. The van der Waals surface area contributed by atoms with Crippen molar-refractivity contribution in [2.75, 3.05) is 5.32 Å². The van der Waals surface area contributed by atoms with Crippen molar-refractivity contribution in [3.05, 3.63) is 50.7 Å². The van der Waals surface area contributed by atoms with Gasteiger partial charge in [-0.25, -0.2) is 4.79 Å². The number of anilines is 1. The molecule has 5 heteroatoms. The molecule has 0 aliphatic rings. The van der Waals surface area contributed by atoms with Crippen LogP contribution in [0.3, 0.4) is 0 Å². The number of nitrogens with one attached hydrogen (secondary N) is 1. The third-order valence-electron chi connectivity index (χ3n) is 3.02. The van der Waals surface area contributed by atoms with Crippen LogP contribution >= 0.6 is 11.3 Å². The second-order valence-corrected chi connectivity index (χ2v) is 5.61. The highest BCUT2D eigenvalue weighted by atomic mass is 32.1. The Morgan fingerprint density at radius 1 is 1.15 bits per heavy atom. The molecule has 0 aliphatic carbocycles. The van der Waals surface area contributed by atoms with Crippen LogP contribution in [0.5, 0.6) is 0 Å². The Hall–Kier alpha value is -2.14. The summed E-state index contributed by atoms with van der Waals surface area (Å²) < 4.78 is 0. The summed E-state index contributed by atoms with van der Waals surface area (Å²) in [5, 5.41) is 13.5. The first-order valence-corrected chi connectivity index (χ1v) is 6.98.